The molecule has 8 heteroatoms. The van der Waals surface area contributed by atoms with E-state index in [0.29, 0.717) is 29.0 Å². The Morgan fingerprint density at radius 1 is 1.00 bits per heavy atom. The van der Waals surface area contributed by atoms with E-state index in [0.717, 1.165) is 17.1 Å². The van der Waals surface area contributed by atoms with Gasteiger partial charge in [-0.25, -0.2) is 19.3 Å². The van der Waals surface area contributed by atoms with E-state index in [4.69, 9.17) is 0 Å². The second-order valence-corrected chi connectivity index (χ2v) is 5.74. The lowest BCUT2D eigenvalue weighted by Crippen LogP contribution is -2.05. The van der Waals surface area contributed by atoms with Crippen LogP contribution in [0.4, 0.5) is 14.6 Å². The first-order valence-corrected chi connectivity index (χ1v) is 7.94. The molecule has 0 aromatic carbocycles. The van der Waals surface area contributed by atoms with E-state index in [1.807, 2.05) is 0 Å². The van der Waals surface area contributed by atoms with E-state index < -0.39 is 11.8 Å². The molecule has 4 rings (SSSR count). The van der Waals surface area contributed by atoms with E-state index >= 15 is 0 Å². The number of nitrogens with zero attached hydrogens (tertiary/aromatic N) is 4. The zero-order valence-corrected chi connectivity index (χ0v) is 13.6. The van der Waals surface area contributed by atoms with Gasteiger partial charge >= 0.3 is 0 Å². The Labute approximate surface area is 147 Å². The van der Waals surface area contributed by atoms with Gasteiger partial charge in [0.05, 0.1) is 6.20 Å². The highest BCUT2D eigenvalue weighted by Gasteiger charge is 2.11. The zero-order chi connectivity index (χ0) is 17.9. The Hall–Kier alpha value is -3.42. The average molecular weight is 352 g/mol. The molecule has 0 spiro atoms. The maximum absolute atomic E-state index is 14.4. The van der Waals surface area contributed by atoms with Gasteiger partial charge in [-0.1, -0.05) is 6.07 Å². The molecule has 4 heterocycles. The molecule has 0 fully saturated rings. The highest BCUT2D eigenvalue weighted by molar-refractivity contribution is 5.78. The van der Waals surface area contributed by atoms with Crippen molar-refractivity contribution in [3.05, 3.63) is 77.8 Å². The van der Waals surface area contributed by atoms with Crippen LogP contribution in [0.15, 0.2) is 49.3 Å². The van der Waals surface area contributed by atoms with Crippen LogP contribution in [0, 0.1) is 11.8 Å². The molecule has 0 saturated heterocycles. The molecule has 4 aromatic heterocycles. The number of nitrogens with one attached hydrogen (secondary N) is 2. The number of aromatic nitrogens is 5. The Morgan fingerprint density at radius 2 is 1.92 bits per heavy atom. The Kier molecular flexibility index (Phi) is 4.22. The SMILES string of the molecule is Fc1cnccc1CNc1ccc(Cc2c[nH]c3ncncc23)c(F)n1. The van der Waals surface area contributed by atoms with Gasteiger partial charge in [-0.2, -0.15) is 4.39 Å². The van der Waals surface area contributed by atoms with Gasteiger partial charge in [0.1, 0.15) is 23.6 Å². The molecule has 4 aromatic rings. The van der Waals surface area contributed by atoms with Crippen molar-refractivity contribution in [2.45, 2.75) is 13.0 Å². The third-order valence-electron chi connectivity index (χ3n) is 4.06. The van der Waals surface area contributed by atoms with Gasteiger partial charge in [0, 0.05) is 48.1 Å². The van der Waals surface area contributed by atoms with Crippen LogP contribution in [0.2, 0.25) is 0 Å². The van der Waals surface area contributed by atoms with E-state index in [9.17, 15) is 8.78 Å². The summed E-state index contributed by atoms with van der Waals surface area (Å²) in [7, 11) is 0. The Balaban J connectivity index is 1.50. The van der Waals surface area contributed by atoms with Crippen LogP contribution in [0.5, 0.6) is 0 Å². The van der Waals surface area contributed by atoms with Crippen LogP contribution in [0.25, 0.3) is 11.0 Å². The van der Waals surface area contributed by atoms with Gasteiger partial charge in [0.2, 0.25) is 5.95 Å². The van der Waals surface area contributed by atoms with Crippen LogP contribution >= 0.6 is 0 Å². The molecule has 0 aliphatic rings. The molecule has 0 amide bonds. The maximum Gasteiger partial charge on any atom is 0.218 e. The topological polar surface area (TPSA) is 79.4 Å². The van der Waals surface area contributed by atoms with E-state index in [1.54, 1.807) is 30.6 Å². The third kappa shape index (κ3) is 3.21. The van der Waals surface area contributed by atoms with Crippen LogP contribution in [-0.4, -0.2) is 24.9 Å². The van der Waals surface area contributed by atoms with Crippen molar-refractivity contribution in [3.63, 3.8) is 0 Å². The second-order valence-electron chi connectivity index (χ2n) is 5.74. The van der Waals surface area contributed by atoms with Gasteiger partial charge in [0.15, 0.2) is 0 Å². The number of fused-ring (bicyclic) bond motifs is 1. The van der Waals surface area contributed by atoms with Crippen molar-refractivity contribution >= 4 is 16.9 Å². The summed E-state index contributed by atoms with van der Waals surface area (Å²) in [6.07, 6.45) is 7.94. The molecule has 0 aliphatic carbocycles. The molecule has 0 aliphatic heterocycles. The van der Waals surface area contributed by atoms with E-state index in [-0.39, 0.29) is 6.54 Å². The lowest BCUT2D eigenvalue weighted by atomic mass is 10.1. The summed E-state index contributed by atoms with van der Waals surface area (Å²) in [6, 6.07) is 4.89. The lowest BCUT2D eigenvalue weighted by molar-refractivity contribution is 0.571. The maximum atomic E-state index is 14.4. The fourth-order valence-electron chi connectivity index (χ4n) is 2.69. The molecule has 0 atom stereocenters. The number of pyridine rings is 2. The van der Waals surface area contributed by atoms with Crippen molar-refractivity contribution in [2.24, 2.45) is 0 Å². The number of rotatable bonds is 5. The monoisotopic (exact) mass is 352 g/mol. The summed E-state index contributed by atoms with van der Waals surface area (Å²) in [5, 5.41) is 3.76. The van der Waals surface area contributed by atoms with Gasteiger partial charge in [0.25, 0.3) is 0 Å². The largest absolute Gasteiger partial charge is 0.366 e. The highest BCUT2D eigenvalue weighted by Crippen LogP contribution is 2.20. The molecule has 0 unspecified atom stereocenters. The molecule has 0 radical (unpaired) electrons. The van der Waals surface area contributed by atoms with Crippen LogP contribution < -0.4 is 5.32 Å². The third-order valence-corrected chi connectivity index (χ3v) is 4.06. The van der Waals surface area contributed by atoms with Gasteiger partial charge < -0.3 is 10.3 Å². The summed E-state index contributed by atoms with van der Waals surface area (Å²) in [5.74, 6) is -0.653. The molecule has 6 nitrogen and oxygen atoms in total. The molecule has 0 bridgehead atoms. The first-order valence-electron chi connectivity index (χ1n) is 7.94. The molecule has 130 valence electrons. The zero-order valence-electron chi connectivity index (χ0n) is 13.6. The van der Waals surface area contributed by atoms with E-state index in [2.05, 4.69) is 30.2 Å². The first kappa shape index (κ1) is 16.1. The number of halogens is 2. The lowest BCUT2D eigenvalue weighted by Gasteiger charge is -2.08. The average Bonchev–Trinajstić information content (AvgIpc) is 3.06. The number of hydrogen-bond donors (Lipinski definition) is 2. The predicted octanol–water partition coefficient (Wildman–Crippen LogP) is 3.23. The van der Waals surface area contributed by atoms with Gasteiger partial charge in [-0.15, -0.1) is 0 Å². The predicted molar refractivity (Wildman–Crippen MR) is 92.4 cm³/mol. The highest BCUT2D eigenvalue weighted by atomic mass is 19.1. The minimum Gasteiger partial charge on any atom is -0.366 e. The van der Waals surface area contributed by atoms with Crippen molar-refractivity contribution in [2.75, 3.05) is 5.32 Å². The van der Waals surface area contributed by atoms with Crippen LogP contribution in [0.3, 0.4) is 0 Å². The molecular weight excluding hydrogens is 338 g/mol. The fourth-order valence-corrected chi connectivity index (χ4v) is 2.69. The number of aromatic amines is 1. The van der Waals surface area contributed by atoms with Gasteiger partial charge in [-0.3, -0.25) is 4.98 Å². The minimum atomic E-state index is -0.573. The van der Waals surface area contributed by atoms with Crippen LogP contribution in [0.1, 0.15) is 16.7 Å². The van der Waals surface area contributed by atoms with Crippen LogP contribution in [-0.2, 0) is 13.0 Å². The Morgan fingerprint density at radius 3 is 2.77 bits per heavy atom. The smallest absolute Gasteiger partial charge is 0.218 e. The first-order chi connectivity index (χ1) is 12.7. The second kappa shape index (κ2) is 6.83. The minimum absolute atomic E-state index is 0.194. The summed E-state index contributed by atoms with van der Waals surface area (Å²) < 4.78 is 27.9. The van der Waals surface area contributed by atoms with Crippen molar-refractivity contribution in [1.82, 2.24) is 24.9 Å². The quantitative estimate of drug-likeness (QED) is 0.539. The van der Waals surface area contributed by atoms with Crippen molar-refractivity contribution in [3.8, 4) is 0 Å². The van der Waals surface area contributed by atoms with Crippen molar-refractivity contribution in [1.29, 1.82) is 0 Å². The normalized spacial score (nSPS) is 11.0. The molecule has 26 heavy (non-hydrogen) atoms. The number of H-pyrrole nitrogens is 1. The standard InChI is InChI=1S/C18H14F2N6/c19-15-9-21-4-3-12(15)6-23-16-2-1-11(17(20)26-16)5-13-7-24-18-14(13)8-22-10-25-18/h1-4,7-10H,5-6H2,(H,23,26)(H,22,24,25). The van der Waals surface area contributed by atoms with Crippen molar-refractivity contribution < 1.29 is 8.78 Å². The van der Waals surface area contributed by atoms with E-state index in [1.165, 1.54) is 12.5 Å². The summed E-state index contributed by atoms with van der Waals surface area (Å²) >= 11 is 0. The fraction of sp³-hybridized carbons (Fsp3) is 0.111. The summed E-state index contributed by atoms with van der Waals surface area (Å²) in [4.78, 5) is 18.8. The Bertz CT molecular complexity index is 1060. The summed E-state index contributed by atoms with van der Waals surface area (Å²) in [5.41, 5.74) is 2.49. The summed E-state index contributed by atoms with van der Waals surface area (Å²) in [6.45, 7) is 0.194. The molecule has 2 N–H and O–H groups in total. The molecule has 0 saturated carbocycles. The number of hydrogen-bond acceptors (Lipinski definition) is 5. The van der Waals surface area contributed by atoms with Gasteiger partial charge in [-0.05, 0) is 17.7 Å². The number of anilines is 1. The molecular formula is C18H14F2N6.